The van der Waals surface area contributed by atoms with E-state index in [2.05, 4.69) is 6.92 Å². The zero-order chi connectivity index (χ0) is 16.8. The first-order valence-electron chi connectivity index (χ1n) is 7.63. The van der Waals surface area contributed by atoms with Gasteiger partial charge in [0, 0.05) is 0 Å². The number of hydrogen-bond acceptors (Lipinski definition) is 4. The van der Waals surface area contributed by atoms with Crippen LogP contribution in [0.4, 0.5) is 5.69 Å². The third-order valence-corrected chi connectivity index (χ3v) is 3.64. The van der Waals surface area contributed by atoms with Crippen molar-refractivity contribution in [3.8, 4) is 22.6 Å². The Kier molecular flexibility index (Phi) is 5.57. The first-order chi connectivity index (χ1) is 11.1. The average molecular weight is 315 g/mol. The van der Waals surface area contributed by atoms with Crippen LogP contribution in [-0.2, 0) is 0 Å². The SMILES string of the molecule is CCCCOc1ccc(-c2ccc(OC)cc2[N+](=O)[O-])cc1C. The summed E-state index contributed by atoms with van der Waals surface area (Å²) in [5.74, 6) is 1.29. The lowest BCUT2D eigenvalue weighted by Crippen LogP contribution is -1.98. The molecular formula is C18H21NO4. The maximum Gasteiger partial charge on any atom is 0.280 e. The van der Waals surface area contributed by atoms with Crippen molar-refractivity contribution in [3.05, 3.63) is 52.1 Å². The summed E-state index contributed by atoms with van der Waals surface area (Å²) in [4.78, 5) is 10.9. The van der Waals surface area contributed by atoms with E-state index in [1.807, 2.05) is 25.1 Å². The summed E-state index contributed by atoms with van der Waals surface area (Å²) in [5, 5.41) is 11.3. The molecule has 0 saturated heterocycles. The van der Waals surface area contributed by atoms with Crippen molar-refractivity contribution in [2.45, 2.75) is 26.7 Å². The molecule has 0 fully saturated rings. The summed E-state index contributed by atoms with van der Waals surface area (Å²) in [7, 11) is 1.49. The number of nitro benzene ring substituents is 1. The Balaban J connectivity index is 2.35. The topological polar surface area (TPSA) is 61.6 Å². The maximum absolute atomic E-state index is 11.3. The number of rotatable bonds is 7. The molecule has 2 aromatic rings. The fourth-order valence-corrected chi connectivity index (χ4v) is 2.34. The molecule has 5 nitrogen and oxygen atoms in total. The molecule has 2 aromatic carbocycles. The lowest BCUT2D eigenvalue weighted by atomic mass is 10.0. The minimum absolute atomic E-state index is 0.0309. The number of aryl methyl sites for hydroxylation is 1. The average Bonchev–Trinajstić information content (AvgIpc) is 2.55. The van der Waals surface area contributed by atoms with Gasteiger partial charge in [-0.05, 0) is 48.7 Å². The second-order valence-electron chi connectivity index (χ2n) is 5.32. The molecule has 2 rings (SSSR count). The minimum Gasteiger partial charge on any atom is -0.497 e. The predicted molar refractivity (Wildman–Crippen MR) is 90.2 cm³/mol. The molecule has 5 heteroatoms. The molecule has 0 aromatic heterocycles. The van der Waals surface area contributed by atoms with Crippen LogP contribution in [0.25, 0.3) is 11.1 Å². The minimum atomic E-state index is -0.390. The van der Waals surface area contributed by atoms with Crippen molar-refractivity contribution >= 4 is 5.69 Å². The molecule has 0 unspecified atom stereocenters. The van der Waals surface area contributed by atoms with Gasteiger partial charge in [0.15, 0.2) is 0 Å². The summed E-state index contributed by atoms with van der Waals surface area (Å²) in [6.07, 6.45) is 2.08. The molecule has 0 aliphatic carbocycles. The Morgan fingerprint density at radius 3 is 2.57 bits per heavy atom. The Morgan fingerprint density at radius 1 is 1.17 bits per heavy atom. The predicted octanol–water partition coefficient (Wildman–Crippen LogP) is 4.76. The second kappa shape index (κ2) is 7.63. The molecule has 0 spiro atoms. The molecule has 0 heterocycles. The molecule has 0 aliphatic rings. The normalized spacial score (nSPS) is 10.4. The van der Waals surface area contributed by atoms with Gasteiger partial charge in [0.25, 0.3) is 5.69 Å². The highest BCUT2D eigenvalue weighted by Gasteiger charge is 2.17. The second-order valence-corrected chi connectivity index (χ2v) is 5.32. The number of unbranched alkanes of at least 4 members (excludes halogenated alkanes) is 1. The van der Waals surface area contributed by atoms with E-state index in [0.29, 0.717) is 17.9 Å². The largest absolute Gasteiger partial charge is 0.497 e. The molecule has 0 bridgehead atoms. The summed E-state index contributed by atoms with van der Waals surface area (Å²) >= 11 is 0. The number of ether oxygens (including phenoxy) is 2. The zero-order valence-electron chi connectivity index (χ0n) is 13.7. The van der Waals surface area contributed by atoms with Crippen LogP contribution in [0.3, 0.4) is 0 Å². The molecule has 23 heavy (non-hydrogen) atoms. The van der Waals surface area contributed by atoms with Crippen molar-refractivity contribution in [1.29, 1.82) is 0 Å². The van der Waals surface area contributed by atoms with Crippen molar-refractivity contribution in [2.24, 2.45) is 0 Å². The van der Waals surface area contributed by atoms with E-state index in [4.69, 9.17) is 9.47 Å². The molecule has 0 atom stereocenters. The maximum atomic E-state index is 11.3. The van der Waals surface area contributed by atoms with Gasteiger partial charge in [-0.2, -0.15) is 0 Å². The van der Waals surface area contributed by atoms with Gasteiger partial charge in [0.05, 0.1) is 30.3 Å². The Hall–Kier alpha value is -2.56. The molecule has 0 amide bonds. The summed E-state index contributed by atoms with van der Waals surface area (Å²) < 4.78 is 10.8. The Bertz CT molecular complexity index is 697. The van der Waals surface area contributed by atoms with Crippen molar-refractivity contribution < 1.29 is 14.4 Å². The molecule has 0 aliphatic heterocycles. The van der Waals surface area contributed by atoms with E-state index in [1.54, 1.807) is 12.1 Å². The van der Waals surface area contributed by atoms with Gasteiger partial charge in [-0.1, -0.05) is 19.4 Å². The van der Waals surface area contributed by atoms with Gasteiger partial charge in [-0.15, -0.1) is 0 Å². The highest BCUT2D eigenvalue weighted by molar-refractivity contribution is 5.75. The van der Waals surface area contributed by atoms with Crippen LogP contribution < -0.4 is 9.47 Å². The lowest BCUT2D eigenvalue weighted by Gasteiger charge is -2.11. The van der Waals surface area contributed by atoms with Gasteiger partial charge < -0.3 is 9.47 Å². The number of nitrogens with zero attached hydrogens (tertiary/aromatic N) is 1. The van der Waals surface area contributed by atoms with E-state index in [-0.39, 0.29) is 5.69 Å². The fraction of sp³-hybridized carbons (Fsp3) is 0.333. The summed E-state index contributed by atoms with van der Waals surface area (Å²) in [5.41, 5.74) is 2.35. The monoisotopic (exact) mass is 315 g/mol. The Labute approximate surface area is 136 Å². The van der Waals surface area contributed by atoms with Crippen LogP contribution in [0, 0.1) is 17.0 Å². The van der Waals surface area contributed by atoms with E-state index in [9.17, 15) is 10.1 Å². The molecule has 0 radical (unpaired) electrons. The smallest absolute Gasteiger partial charge is 0.280 e. The summed E-state index contributed by atoms with van der Waals surface area (Å²) in [6, 6.07) is 10.5. The molecular weight excluding hydrogens is 294 g/mol. The zero-order valence-corrected chi connectivity index (χ0v) is 13.7. The first-order valence-corrected chi connectivity index (χ1v) is 7.63. The van der Waals surface area contributed by atoms with Gasteiger partial charge in [0.1, 0.15) is 11.5 Å². The van der Waals surface area contributed by atoms with Crippen molar-refractivity contribution in [2.75, 3.05) is 13.7 Å². The lowest BCUT2D eigenvalue weighted by molar-refractivity contribution is -0.384. The van der Waals surface area contributed by atoms with Crippen molar-refractivity contribution in [1.82, 2.24) is 0 Å². The Morgan fingerprint density at radius 2 is 1.96 bits per heavy atom. The number of nitro groups is 1. The third kappa shape index (κ3) is 4.00. The van der Waals surface area contributed by atoms with E-state index in [1.165, 1.54) is 13.2 Å². The van der Waals surface area contributed by atoms with Crippen LogP contribution >= 0.6 is 0 Å². The molecule has 122 valence electrons. The fourth-order valence-electron chi connectivity index (χ4n) is 2.34. The quantitative estimate of drug-likeness (QED) is 0.420. The van der Waals surface area contributed by atoms with E-state index < -0.39 is 4.92 Å². The van der Waals surface area contributed by atoms with Crippen LogP contribution in [0.15, 0.2) is 36.4 Å². The standard InChI is InChI=1S/C18H21NO4/c1-4-5-10-23-18-9-6-14(11-13(18)2)16-8-7-15(22-3)12-17(16)19(20)21/h6-9,11-12H,4-5,10H2,1-3H3. The van der Waals surface area contributed by atoms with E-state index >= 15 is 0 Å². The van der Waals surface area contributed by atoms with E-state index in [0.717, 1.165) is 29.7 Å². The first kappa shape index (κ1) is 16.8. The van der Waals surface area contributed by atoms with Crippen LogP contribution in [0.1, 0.15) is 25.3 Å². The molecule has 0 N–H and O–H groups in total. The van der Waals surface area contributed by atoms with Crippen molar-refractivity contribution in [3.63, 3.8) is 0 Å². The number of benzene rings is 2. The van der Waals surface area contributed by atoms with Crippen LogP contribution in [0.2, 0.25) is 0 Å². The van der Waals surface area contributed by atoms with Gasteiger partial charge in [0.2, 0.25) is 0 Å². The number of hydrogen-bond donors (Lipinski definition) is 0. The van der Waals surface area contributed by atoms with Crippen LogP contribution in [-0.4, -0.2) is 18.6 Å². The summed E-state index contributed by atoms with van der Waals surface area (Å²) in [6.45, 7) is 4.74. The molecule has 0 saturated carbocycles. The van der Waals surface area contributed by atoms with Crippen LogP contribution in [0.5, 0.6) is 11.5 Å². The highest BCUT2D eigenvalue weighted by Crippen LogP contribution is 2.35. The highest BCUT2D eigenvalue weighted by atomic mass is 16.6. The van der Waals surface area contributed by atoms with Gasteiger partial charge in [-0.25, -0.2) is 0 Å². The third-order valence-electron chi connectivity index (χ3n) is 3.64. The van der Waals surface area contributed by atoms with Gasteiger partial charge >= 0.3 is 0 Å². The number of methoxy groups -OCH3 is 1. The van der Waals surface area contributed by atoms with Gasteiger partial charge in [-0.3, -0.25) is 10.1 Å².